The van der Waals surface area contributed by atoms with Gasteiger partial charge in [-0.05, 0) is 37.5 Å². The zero-order valence-corrected chi connectivity index (χ0v) is 17.8. The molecule has 6 heteroatoms. The Morgan fingerprint density at radius 1 is 1.03 bits per heavy atom. The van der Waals surface area contributed by atoms with Gasteiger partial charge in [0.15, 0.2) is 0 Å². The molecule has 0 bridgehead atoms. The summed E-state index contributed by atoms with van der Waals surface area (Å²) in [6.07, 6.45) is 2.45. The van der Waals surface area contributed by atoms with Crippen LogP contribution in [0.1, 0.15) is 47.0 Å². The number of rotatable bonds is 6. The van der Waals surface area contributed by atoms with E-state index < -0.39 is 0 Å². The highest BCUT2D eigenvalue weighted by atomic mass is 16.2. The molecule has 0 unspecified atom stereocenters. The first kappa shape index (κ1) is 20.8. The van der Waals surface area contributed by atoms with E-state index in [1.807, 2.05) is 76.5 Å². The molecule has 2 aromatic carbocycles. The highest BCUT2D eigenvalue weighted by Crippen LogP contribution is 2.22. The van der Waals surface area contributed by atoms with Crippen molar-refractivity contribution in [3.05, 3.63) is 78.0 Å². The lowest BCUT2D eigenvalue weighted by Gasteiger charge is -2.38. The van der Waals surface area contributed by atoms with Gasteiger partial charge in [0.25, 0.3) is 11.8 Å². The van der Waals surface area contributed by atoms with E-state index in [2.05, 4.69) is 17.1 Å². The lowest BCUT2D eigenvalue weighted by atomic mass is 10.0. The molecule has 2 amide bonds. The maximum atomic E-state index is 13.3. The number of carbonyl (C=O) groups is 2. The zero-order chi connectivity index (χ0) is 21.6. The van der Waals surface area contributed by atoms with Gasteiger partial charge in [-0.2, -0.15) is 5.10 Å². The van der Waals surface area contributed by atoms with Crippen molar-refractivity contribution in [1.29, 1.82) is 0 Å². The van der Waals surface area contributed by atoms with Gasteiger partial charge in [0.05, 0.1) is 5.69 Å². The van der Waals surface area contributed by atoms with Crippen LogP contribution in [0.5, 0.6) is 0 Å². The van der Waals surface area contributed by atoms with Crippen molar-refractivity contribution in [2.24, 2.45) is 0 Å². The second kappa shape index (κ2) is 9.60. The van der Waals surface area contributed by atoms with Crippen molar-refractivity contribution >= 4 is 11.8 Å². The molecule has 1 fully saturated rings. The van der Waals surface area contributed by atoms with Gasteiger partial charge < -0.3 is 9.80 Å². The molecular weight excluding hydrogens is 388 g/mol. The van der Waals surface area contributed by atoms with E-state index in [0.717, 1.165) is 30.5 Å². The van der Waals surface area contributed by atoms with Crippen LogP contribution in [0.15, 0.2) is 66.7 Å². The molecule has 2 heterocycles. The van der Waals surface area contributed by atoms with E-state index in [4.69, 9.17) is 0 Å². The minimum absolute atomic E-state index is 0.0237. The van der Waals surface area contributed by atoms with Gasteiger partial charge in [-0.1, -0.05) is 55.5 Å². The van der Waals surface area contributed by atoms with Crippen LogP contribution in [0.25, 0.3) is 11.3 Å². The zero-order valence-electron chi connectivity index (χ0n) is 17.8. The number of carbonyl (C=O) groups excluding carboxylic acids is 2. The monoisotopic (exact) mass is 416 g/mol. The Morgan fingerprint density at radius 2 is 1.68 bits per heavy atom. The number of nitrogens with zero attached hydrogens (tertiary/aromatic N) is 3. The Bertz CT molecular complexity index is 1010. The van der Waals surface area contributed by atoms with Crippen LogP contribution >= 0.6 is 0 Å². The van der Waals surface area contributed by atoms with Crippen LogP contribution in [0.3, 0.4) is 0 Å². The fourth-order valence-electron chi connectivity index (χ4n) is 4.18. The Hall–Kier alpha value is -3.41. The lowest BCUT2D eigenvalue weighted by molar-refractivity contribution is 0.0515. The minimum Gasteiger partial charge on any atom is -0.338 e. The molecule has 6 nitrogen and oxygen atoms in total. The molecule has 160 valence electrons. The number of benzene rings is 2. The van der Waals surface area contributed by atoms with Gasteiger partial charge in [0.1, 0.15) is 5.69 Å². The molecule has 1 aliphatic rings. The molecule has 3 aromatic rings. The highest BCUT2D eigenvalue weighted by molar-refractivity contribution is 5.95. The number of nitrogens with one attached hydrogen (secondary N) is 1. The molecule has 0 aliphatic carbocycles. The van der Waals surface area contributed by atoms with Crippen molar-refractivity contribution in [3.63, 3.8) is 0 Å². The number of hydrogen-bond donors (Lipinski definition) is 1. The molecule has 1 aliphatic heterocycles. The summed E-state index contributed by atoms with van der Waals surface area (Å²) in [5, 5.41) is 7.26. The van der Waals surface area contributed by atoms with E-state index in [1.165, 1.54) is 0 Å². The van der Waals surface area contributed by atoms with Crippen molar-refractivity contribution in [1.82, 2.24) is 20.0 Å². The van der Waals surface area contributed by atoms with Crippen LogP contribution in [0.2, 0.25) is 0 Å². The van der Waals surface area contributed by atoms with E-state index >= 15 is 0 Å². The van der Waals surface area contributed by atoms with Crippen molar-refractivity contribution in [3.8, 4) is 11.3 Å². The summed E-state index contributed by atoms with van der Waals surface area (Å²) in [5.41, 5.74) is 2.97. The van der Waals surface area contributed by atoms with Gasteiger partial charge in [0.2, 0.25) is 0 Å². The first-order valence-corrected chi connectivity index (χ1v) is 10.9. The quantitative estimate of drug-likeness (QED) is 0.654. The van der Waals surface area contributed by atoms with Crippen molar-refractivity contribution in [2.75, 3.05) is 19.6 Å². The smallest absolute Gasteiger partial charge is 0.272 e. The predicted molar refractivity (Wildman–Crippen MR) is 121 cm³/mol. The molecule has 0 spiro atoms. The maximum Gasteiger partial charge on any atom is 0.272 e. The lowest BCUT2D eigenvalue weighted by Crippen LogP contribution is -2.49. The standard InChI is InChI=1S/C25H28N4O2/c1-2-15-29(25(31)23-18-22(26-27-23)19-9-5-3-6-10-19)21-13-16-28(17-14-21)24(30)20-11-7-4-8-12-20/h3-12,18,21H,2,13-17H2,1H3,(H,26,27). The third kappa shape index (κ3) is 4.68. The molecule has 4 rings (SSSR count). The van der Waals surface area contributed by atoms with Gasteiger partial charge >= 0.3 is 0 Å². The summed E-state index contributed by atoms with van der Waals surface area (Å²) in [5.74, 6) is 0.0397. The molecular formula is C25H28N4O2. The number of H-pyrrole nitrogens is 1. The summed E-state index contributed by atoms with van der Waals surface area (Å²) >= 11 is 0. The molecule has 0 atom stereocenters. The van der Waals surface area contributed by atoms with Gasteiger partial charge in [-0.15, -0.1) is 0 Å². The second-order valence-corrected chi connectivity index (χ2v) is 7.92. The van der Waals surface area contributed by atoms with Crippen molar-refractivity contribution in [2.45, 2.75) is 32.2 Å². The van der Waals surface area contributed by atoms with Crippen LogP contribution in [-0.4, -0.2) is 57.5 Å². The van der Waals surface area contributed by atoms with Crippen LogP contribution in [0, 0.1) is 0 Å². The van der Waals surface area contributed by atoms with Crippen LogP contribution in [-0.2, 0) is 0 Å². The number of piperidine rings is 1. The second-order valence-electron chi connectivity index (χ2n) is 7.92. The SMILES string of the molecule is CCCN(C(=O)c1cc(-c2ccccc2)n[nH]1)C1CCN(C(=O)c2ccccc2)CC1. The summed E-state index contributed by atoms with van der Waals surface area (Å²) in [4.78, 5) is 29.9. The van der Waals surface area contributed by atoms with Crippen molar-refractivity contribution < 1.29 is 9.59 Å². The average Bonchev–Trinajstić information content (AvgIpc) is 3.33. The summed E-state index contributed by atoms with van der Waals surface area (Å²) in [6, 6.07) is 21.2. The normalized spacial score (nSPS) is 14.4. The summed E-state index contributed by atoms with van der Waals surface area (Å²) in [6.45, 7) is 4.08. The Labute approximate surface area is 182 Å². The fourth-order valence-corrected chi connectivity index (χ4v) is 4.18. The average molecular weight is 417 g/mol. The summed E-state index contributed by atoms with van der Waals surface area (Å²) < 4.78 is 0. The van der Waals surface area contributed by atoms with Crippen LogP contribution in [0.4, 0.5) is 0 Å². The summed E-state index contributed by atoms with van der Waals surface area (Å²) in [7, 11) is 0. The van der Waals surface area contributed by atoms with Gasteiger partial charge in [-0.3, -0.25) is 14.7 Å². The molecule has 1 N–H and O–H groups in total. The largest absolute Gasteiger partial charge is 0.338 e. The fraction of sp³-hybridized carbons (Fsp3) is 0.320. The molecule has 31 heavy (non-hydrogen) atoms. The first-order valence-electron chi connectivity index (χ1n) is 10.9. The van der Waals surface area contributed by atoms with Crippen LogP contribution < -0.4 is 0 Å². The third-order valence-electron chi connectivity index (χ3n) is 5.82. The minimum atomic E-state index is -0.0237. The molecule has 1 saturated heterocycles. The van der Waals surface area contributed by atoms with E-state index in [-0.39, 0.29) is 17.9 Å². The molecule has 0 saturated carbocycles. The Balaban J connectivity index is 1.43. The molecule has 1 aromatic heterocycles. The molecule has 0 radical (unpaired) electrons. The number of aromatic amines is 1. The number of hydrogen-bond acceptors (Lipinski definition) is 3. The first-order chi connectivity index (χ1) is 15.2. The predicted octanol–water partition coefficient (Wildman–Crippen LogP) is 4.23. The topological polar surface area (TPSA) is 69.3 Å². The van der Waals surface area contributed by atoms with Gasteiger partial charge in [-0.25, -0.2) is 0 Å². The number of aromatic nitrogens is 2. The van der Waals surface area contributed by atoms with E-state index in [0.29, 0.717) is 30.9 Å². The maximum absolute atomic E-state index is 13.3. The Morgan fingerprint density at radius 3 is 2.32 bits per heavy atom. The highest BCUT2D eigenvalue weighted by Gasteiger charge is 2.30. The van der Waals surface area contributed by atoms with E-state index in [1.54, 1.807) is 0 Å². The number of likely N-dealkylation sites (tertiary alicyclic amines) is 1. The number of amides is 2. The van der Waals surface area contributed by atoms with E-state index in [9.17, 15) is 9.59 Å². The third-order valence-corrected chi connectivity index (χ3v) is 5.82. The Kier molecular flexibility index (Phi) is 6.46. The van der Waals surface area contributed by atoms with Gasteiger partial charge in [0, 0.05) is 36.8 Å².